The van der Waals surface area contributed by atoms with Crippen LogP contribution in [0.4, 0.5) is 5.69 Å². The first-order valence-corrected chi connectivity index (χ1v) is 8.54. The predicted octanol–water partition coefficient (Wildman–Crippen LogP) is 3.93. The lowest BCUT2D eigenvalue weighted by Crippen LogP contribution is -2.32. The molecule has 1 aromatic heterocycles. The Balaban J connectivity index is 2.15. The van der Waals surface area contributed by atoms with Crippen LogP contribution in [0.1, 0.15) is 46.7 Å². The number of aromatic nitrogens is 1. The van der Waals surface area contributed by atoms with Gasteiger partial charge in [0.05, 0.1) is 0 Å². The van der Waals surface area contributed by atoms with Gasteiger partial charge in [0, 0.05) is 28.0 Å². The zero-order valence-corrected chi connectivity index (χ0v) is 15.5. The van der Waals surface area contributed by atoms with Crippen molar-refractivity contribution < 1.29 is 9.59 Å². The minimum absolute atomic E-state index is 0.0772. The van der Waals surface area contributed by atoms with E-state index in [0.717, 1.165) is 16.5 Å². The van der Waals surface area contributed by atoms with Crippen LogP contribution in [0.15, 0.2) is 41.0 Å². The molecule has 2 amide bonds. The lowest BCUT2D eigenvalue weighted by atomic mass is 10.1. The van der Waals surface area contributed by atoms with E-state index in [1.807, 2.05) is 39.0 Å². The molecule has 0 aliphatic carbocycles. The molecular weight excluding hydrogens is 370 g/mol. The van der Waals surface area contributed by atoms with Gasteiger partial charge in [-0.25, -0.2) is 0 Å². The van der Waals surface area contributed by atoms with Gasteiger partial charge in [0.1, 0.15) is 5.69 Å². The molecule has 24 heavy (non-hydrogen) atoms. The Morgan fingerprint density at radius 2 is 1.96 bits per heavy atom. The zero-order chi connectivity index (χ0) is 17.7. The van der Waals surface area contributed by atoms with Gasteiger partial charge in [0.25, 0.3) is 11.8 Å². The molecule has 0 aliphatic rings. The number of hydrogen-bond donors (Lipinski definition) is 2. The average Bonchev–Trinajstić information content (AvgIpc) is 2.57. The van der Waals surface area contributed by atoms with Crippen molar-refractivity contribution in [3.63, 3.8) is 0 Å². The van der Waals surface area contributed by atoms with Gasteiger partial charge >= 0.3 is 0 Å². The zero-order valence-electron chi connectivity index (χ0n) is 13.9. The maximum Gasteiger partial charge on any atom is 0.274 e. The van der Waals surface area contributed by atoms with Crippen LogP contribution in [0.5, 0.6) is 0 Å². The van der Waals surface area contributed by atoms with E-state index in [0.29, 0.717) is 11.3 Å². The van der Waals surface area contributed by atoms with E-state index in [1.54, 1.807) is 6.07 Å². The Morgan fingerprint density at radius 3 is 2.62 bits per heavy atom. The normalized spacial score (nSPS) is 11.7. The maximum atomic E-state index is 12.4. The van der Waals surface area contributed by atoms with Crippen molar-refractivity contribution >= 4 is 33.4 Å². The molecule has 0 spiro atoms. The van der Waals surface area contributed by atoms with Gasteiger partial charge in [-0.3, -0.25) is 14.6 Å². The van der Waals surface area contributed by atoms with E-state index in [-0.39, 0.29) is 23.6 Å². The molecule has 0 aliphatic heterocycles. The molecular formula is C18H20BrN3O2. The number of benzene rings is 1. The molecule has 0 radical (unpaired) electrons. The fraction of sp³-hybridized carbons (Fsp3) is 0.278. The minimum atomic E-state index is -0.349. The second kappa shape index (κ2) is 8.06. The van der Waals surface area contributed by atoms with Gasteiger partial charge < -0.3 is 10.6 Å². The van der Waals surface area contributed by atoms with Gasteiger partial charge in [-0.1, -0.05) is 22.9 Å². The van der Waals surface area contributed by atoms with E-state index in [2.05, 4.69) is 31.5 Å². The lowest BCUT2D eigenvalue weighted by molar-refractivity contribution is 0.0939. The molecule has 126 valence electrons. The van der Waals surface area contributed by atoms with Gasteiger partial charge in [-0.15, -0.1) is 0 Å². The van der Waals surface area contributed by atoms with Crippen molar-refractivity contribution in [3.05, 3.63) is 57.8 Å². The molecule has 2 aromatic rings. The molecule has 1 heterocycles. The number of carbonyl (C=O) groups excluding carboxylic acids is 2. The van der Waals surface area contributed by atoms with Crippen LogP contribution in [0, 0.1) is 6.92 Å². The smallest absolute Gasteiger partial charge is 0.274 e. The topological polar surface area (TPSA) is 71.1 Å². The summed E-state index contributed by atoms with van der Waals surface area (Å²) in [7, 11) is 0. The highest BCUT2D eigenvalue weighted by molar-refractivity contribution is 9.10. The summed E-state index contributed by atoms with van der Waals surface area (Å²) in [6.45, 7) is 5.84. The first-order chi connectivity index (χ1) is 11.4. The number of nitrogens with zero attached hydrogens (tertiary/aromatic N) is 1. The Morgan fingerprint density at radius 1 is 1.21 bits per heavy atom. The van der Waals surface area contributed by atoms with E-state index in [1.165, 1.54) is 12.3 Å². The Bertz CT molecular complexity index is 762. The van der Waals surface area contributed by atoms with Crippen LogP contribution >= 0.6 is 15.9 Å². The van der Waals surface area contributed by atoms with Gasteiger partial charge in [-0.05, 0) is 56.2 Å². The fourth-order valence-electron chi connectivity index (χ4n) is 2.06. The van der Waals surface area contributed by atoms with E-state index >= 15 is 0 Å². The van der Waals surface area contributed by atoms with Crippen molar-refractivity contribution in [2.24, 2.45) is 0 Å². The molecule has 6 heteroatoms. The predicted molar refractivity (Wildman–Crippen MR) is 98.3 cm³/mol. The Kier molecular flexibility index (Phi) is 6.09. The summed E-state index contributed by atoms with van der Waals surface area (Å²) in [5.74, 6) is -0.556. The summed E-state index contributed by atoms with van der Waals surface area (Å²) in [6.07, 6.45) is 2.31. The van der Waals surface area contributed by atoms with Crippen LogP contribution in [-0.4, -0.2) is 22.8 Å². The van der Waals surface area contributed by atoms with Gasteiger partial charge in [-0.2, -0.15) is 0 Å². The van der Waals surface area contributed by atoms with Gasteiger partial charge in [0.15, 0.2) is 0 Å². The quantitative estimate of drug-likeness (QED) is 0.813. The van der Waals surface area contributed by atoms with E-state index in [9.17, 15) is 9.59 Å². The highest BCUT2D eigenvalue weighted by Gasteiger charge is 2.14. The van der Waals surface area contributed by atoms with Crippen molar-refractivity contribution in [2.75, 3.05) is 5.32 Å². The third-order valence-electron chi connectivity index (χ3n) is 3.68. The number of halogens is 1. The van der Waals surface area contributed by atoms with E-state index < -0.39 is 0 Å². The summed E-state index contributed by atoms with van der Waals surface area (Å²) in [5, 5.41) is 5.69. The monoisotopic (exact) mass is 389 g/mol. The molecule has 1 unspecified atom stereocenters. The maximum absolute atomic E-state index is 12.4. The second-order valence-corrected chi connectivity index (χ2v) is 6.54. The summed E-state index contributed by atoms with van der Waals surface area (Å²) in [6, 6.07) is 8.76. The van der Waals surface area contributed by atoms with Crippen LogP contribution < -0.4 is 10.6 Å². The summed E-state index contributed by atoms with van der Waals surface area (Å²) >= 11 is 3.39. The van der Waals surface area contributed by atoms with Crippen LogP contribution in [0.2, 0.25) is 0 Å². The number of anilines is 1. The first-order valence-electron chi connectivity index (χ1n) is 7.75. The van der Waals surface area contributed by atoms with Crippen molar-refractivity contribution in [3.8, 4) is 0 Å². The fourth-order valence-corrected chi connectivity index (χ4v) is 2.53. The molecule has 5 nitrogen and oxygen atoms in total. The Labute approximate surface area is 150 Å². The summed E-state index contributed by atoms with van der Waals surface area (Å²) < 4.78 is 0.944. The first kappa shape index (κ1) is 18.1. The number of aryl methyl sites for hydroxylation is 1. The highest BCUT2D eigenvalue weighted by Crippen LogP contribution is 2.20. The van der Waals surface area contributed by atoms with Crippen molar-refractivity contribution in [1.29, 1.82) is 0 Å². The molecule has 1 aromatic carbocycles. The average molecular weight is 390 g/mol. The van der Waals surface area contributed by atoms with Crippen LogP contribution in [-0.2, 0) is 0 Å². The highest BCUT2D eigenvalue weighted by atomic mass is 79.9. The summed E-state index contributed by atoms with van der Waals surface area (Å²) in [5.41, 5.74) is 2.26. The van der Waals surface area contributed by atoms with E-state index in [4.69, 9.17) is 0 Å². The third kappa shape index (κ3) is 4.64. The Hall–Kier alpha value is -2.21. The summed E-state index contributed by atoms with van der Waals surface area (Å²) in [4.78, 5) is 28.6. The van der Waals surface area contributed by atoms with Crippen LogP contribution in [0.3, 0.4) is 0 Å². The van der Waals surface area contributed by atoms with Crippen LogP contribution in [0.25, 0.3) is 0 Å². The van der Waals surface area contributed by atoms with Gasteiger partial charge in [0.2, 0.25) is 0 Å². The largest absolute Gasteiger partial charge is 0.350 e. The standard InChI is InChI=1S/C18H20BrN3O2/c1-4-12(3)21-17(23)13-7-8-20-16(10-13)18(24)22-15-6-5-14(19)9-11(15)2/h5-10,12H,4H2,1-3H3,(H,21,23)(H,22,24). The number of nitrogens with one attached hydrogen (secondary N) is 2. The molecule has 0 saturated heterocycles. The number of carbonyl (C=O) groups is 2. The molecule has 2 rings (SSSR count). The number of rotatable bonds is 5. The van der Waals surface area contributed by atoms with Crippen molar-refractivity contribution in [1.82, 2.24) is 10.3 Å². The molecule has 0 saturated carbocycles. The van der Waals surface area contributed by atoms with Crippen molar-refractivity contribution in [2.45, 2.75) is 33.2 Å². The molecule has 0 bridgehead atoms. The number of amides is 2. The SMILES string of the molecule is CCC(C)NC(=O)c1ccnc(C(=O)Nc2ccc(Br)cc2C)c1. The number of hydrogen-bond acceptors (Lipinski definition) is 3. The lowest BCUT2D eigenvalue weighted by Gasteiger charge is -2.12. The third-order valence-corrected chi connectivity index (χ3v) is 4.17. The molecule has 1 atom stereocenters. The minimum Gasteiger partial charge on any atom is -0.350 e. The number of pyridine rings is 1. The second-order valence-electron chi connectivity index (χ2n) is 5.63. The molecule has 0 fully saturated rings. The molecule has 2 N–H and O–H groups in total.